The molecule has 3 aromatic rings. The Morgan fingerprint density at radius 1 is 1.33 bits per heavy atom. The third-order valence-corrected chi connectivity index (χ3v) is 5.30. The molecule has 7 nitrogen and oxygen atoms in total. The smallest absolute Gasteiger partial charge is 0.254 e. The monoisotopic (exact) mass is 367 g/mol. The second-order valence-corrected chi connectivity index (χ2v) is 6.97. The minimum Gasteiger partial charge on any atom is -0.497 e. The van der Waals surface area contributed by atoms with Crippen molar-refractivity contribution in [1.82, 2.24) is 24.6 Å². The highest BCUT2D eigenvalue weighted by molar-refractivity contribution is 6.08. The van der Waals surface area contributed by atoms with Crippen molar-refractivity contribution >= 4 is 16.8 Å². The van der Waals surface area contributed by atoms with E-state index in [0.717, 1.165) is 66.3 Å². The molecule has 7 heteroatoms. The molecule has 0 fully saturated rings. The Bertz CT molecular complexity index is 1000. The number of benzene rings is 1. The number of fused-ring (bicyclic) bond motifs is 2. The SMILES string of the molecule is CCCn1c(C)c(C(=O)NCc2nnc3n2CCC3)c2cc(OC)ccc21. The zero-order valence-corrected chi connectivity index (χ0v) is 16.1. The van der Waals surface area contributed by atoms with Crippen LogP contribution in [0.5, 0.6) is 5.75 Å². The summed E-state index contributed by atoms with van der Waals surface area (Å²) in [4.78, 5) is 13.1. The lowest BCUT2D eigenvalue weighted by Gasteiger charge is -2.08. The van der Waals surface area contributed by atoms with Crippen LogP contribution in [0.25, 0.3) is 10.9 Å². The molecule has 0 spiro atoms. The molecule has 142 valence electrons. The first kappa shape index (κ1) is 17.6. The molecular formula is C20H25N5O2. The molecule has 0 atom stereocenters. The summed E-state index contributed by atoms with van der Waals surface area (Å²) in [7, 11) is 1.64. The summed E-state index contributed by atoms with van der Waals surface area (Å²) in [5, 5.41) is 12.4. The molecular weight excluding hydrogens is 342 g/mol. The summed E-state index contributed by atoms with van der Waals surface area (Å²) in [6, 6.07) is 5.91. The van der Waals surface area contributed by atoms with Crippen LogP contribution in [0, 0.1) is 6.92 Å². The summed E-state index contributed by atoms with van der Waals surface area (Å²) in [5.74, 6) is 2.50. The van der Waals surface area contributed by atoms with E-state index in [1.807, 2.05) is 25.1 Å². The van der Waals surface area contributed by atoms with Gasteiger partial charge in [0.1, 0.15) is 11.6 Å². The number of hydrogen-bond acceptors (Lipinski definition) is 4. The standard InChI is InChI=1S/C20H25N5O2/c1-4-9-24-13(2)19(15-11-14(27-3)7-8-16(15)24)20(26)21-12-18-23-22-17-6-5-10-25(17)18/h7-8,11H,4-6,9-10,12H2,1-3H3,(H,21,26). The summed E-state index contributed by atoms with van der Waals surface area (Å²) in [5.41, 5.74) is 2.74. The Hall–Kier alpha value is -2.83. The summed E-state index contributed by atoms with van der Waals surface area (Å²) >= 11 is 0. The van der Waals surface area contributed by atoms with E-state index in [-0.39, 0.29) is 5.91 Å². The number of carbonyl (C=O) groups is 1. The Balaban J connectivity index is 1.66. The third kappa shape index (κ3) is 2.97. The normalized spacial score (nSPS) is 13.1. The van der Waals surface area contributed by atoms with Crippen LogP contribution in [0.3, 0.4) is 0 Å². The molecule has 1 aromatic carbocycles. The number of nitrogens with zero attached hydrogens (tertiary/aromatic N) is 4. The van der Waals surface area contributed by atoms with Crippen molar-refractivity contribution in [1.29, 1.82) is 0 Å². The maximum Gasteiger partial charge on any atom is 0.254 e. The van der Waals surface area contributed by atoms with Gasteiger partial charge in [-0.1, -0.05) is 6.92 Å². The molecule has 0 saturated heterocycles. The zero-order valence-electron chi connectivity index (χ0n) is 16.1. The molecule has 2 aromatic heterocycles. The predicted octanol–water partition coefficient (Wildman–Crippen LogP) is 2.84. The molecule has 27 heavy (non-hydrogen) atoms. The Morgan fingerprint density at radius 3 is 2.96 bits per heavy atom. The van der Waals surface area contributed by atoms with Crippen LogP contribution in [0.2, 0.25) is 0 Å². The Morgan fingerprint density at radius 2 is 2.19 bits per heavy atom. The number of aromatic nitrogens is 4. The van der Waals surface area contributed by atoms with Crippen LogP contribution < -0.4 is 10.1 Å². The maximum absolute atomic E-state index is 13.1. The molecule has 0 bridgehead atoms. The predicted molar refractivity (Wildman–Crippen MR) is 103 cm³/mol. The van der Waals surface area contributed by atoms with Crippen molar-refractivity contribution in [3.8, 4) is 5.75 Å². The van der Waals surface area contributed by atoms with Crippen molar-refractivity contribution < 1.29 is 9.53 Å². The van der Waals surface area contributed by atoms with E-state index in [1.54, 1.807) is 7.11 Å². The summed E-state index contributed by atoms with van der Waals surface area (Å²) < 4.78 is 9.69. The first-order valence-corrected chi connectivity index (χ1v) is 9.50. The highest BCUT2D eigenvalue weighted by Crippen LogP contribution is 2.30. The van der Waals surface area contributed by atoms with E-state index in [2.05, 4.69) is 31.6 Å². The molecule has 1 N–H and O–H groups in total. The number of hydrogen-bond donors (Lipinski definition) is 1. The number of amides is 1. The van der Waals surface area contributed by atoms with E-state index >= 15 is 0 Å². The van der Waals surface area contributed by atoms with Gasteiger partial charge in [-0.25, -0.2) is 0 Å². The van der Waals surface area contributed by atoms with Gasteiger partial charge in [-0.2, -0.15) is 0 Å². The minimum absolute atomic E-state index is 0.0871. The van der Waals surface area contributed by atoms with E-state index in [9.17, 15) is 4.79 Å². The number of nitrogens with one attached hydrogen (secondary N) is 1. The van der Waals surface area contributed by atoms with Gasteiger partial charge in [-0.05, 0) is 38.0 Å². The number of methoxy groups -OCH3 is 1. The molecule has 1 amide bonds. The molecule has 0 aliphatic carbocycles. The summed E-state index contributed by atoms with van der Waals surface area (Å²) in [6.45, 7) is 6.33. The first-order valence-electron chi connectivity index (χ1n) is 9.50. The van der Waals surface area contributed by atoms with E-state index < -0.39 is 0 Å². The zero-order chi connectivity index (χ0) is 19.0. The lowest BCUT2D eigenvalue weighted by Crippen LogP contribution is -2.25. The minimum atomic E-state index is -0.0871. The second kappa shape index (κ2) is 7.06. The number of ether oxygens (including phenoxy) is 1. The van der Waals surface area contributed by atoms with E-state index in [4.69, 9.17) is 4.74 Å². The highest BCUT2D eigenvalue weighted by Gasteiger charge is 2.22. The lowest BCUT2D eigenvalue weighted by molar-refractivity contribution is 0.0950. The van der Waals surface area contributed by atoms with Crippen molar-refractivity contribution in [2.75, 3.05) is 7.11 Å². The van der Waals surface area contributed by atoms with Gasteiger partial charge in [0.15, 0.2) is 5.82 Å². The molecule has 0 unspecified atom stereocenters. The van der Waals surface area contributed by atoms with Crippen molar-refractivity contribution in [2.45, 2.75) is 52.7 Å². The largest absolute Gasteiger partial charge is 0.497 e. The van der Waals surface area contributed by atoms with Crippen LogP contribution in [0.4, 0.5) is 0 Å². The second-order valence-electron chi connectivity index (χ2n) is 6.97. The fourth-order valence-electron chi connectivity index (χ4n) is 3.98. The molecule has 0 radical (unpaired) electrons. The average molecular weight is 367 g/mol. The number of aryl methyl sites for hydroxylation is 2. The van der Waals surface area contributed by atoms with Crippen LogP contribution in [0.1, 0.15) is 47.5 Å². The Labute approximate surface area is 158 Å². The number of rotatable bonds is 6. The van der Waals surface area contributed by atoms with Crippen molar-refractivity contribution in [3.05, 3.63) is 41.1 Å². The van der Waals surface area contributed by atoms with Crippen LogP contribution >= 0.6 is 0 Å². The molecule has 1 aliphatic heterocycles. The van der Waals surface area contributed by atoms with Crippen LogP contribution in [-0.4, -0.2) is 32.3 Å². The maximum atomic E-state index is 13.1. The van der Waals surface area contributed by atoms with E-state index in [1.165, 1.54) is 0 Å². The quantitative estimate of drug-likeness (QED) is 0.727. The fraction of sp³-hybridized carbons (Fsp3) is 0.450. The lowest BCUT2D eigenvalue weighted by atomic mass is 10.1. The molecule has 3 heterocycles. The van der Waals surface area contributed by atoms with Gasteiger partial charge < -0.3 is 19.2 Å². The van der Waals surface area contributed by atoms with E-state index in [0.29, 0.717) is 12.1 Å². The molecule has 0 saturated carbocycles. The highest BCUT2D eigenvalue weighted by atomic mass is 16.5. The number of carbonyl (C=O) groups excluding carboxylic acids is 1. The van der Waals surface area contributed by atoms with Gasteiger partial charge >= 0.3 is 0 Å². The molecule has 4 rings (SSSR count). The topological polar surface area (TPSA) is 74.0 Å². The van der Waals surface area contributed by atoms with Crippen molar-refractivity contribution in [3.63, 3.8) is 0 Å². The van der Waals surface area contributed by atoms with Gasteiger partial charge in [0.25, 0.3) is 5.91 Å². The van der Waals surface area contributed by atoms with Crippen molar-refractivity contribution in [2.24, 2.45) is 0 Å². The first-order chi connectivity index (χ1) is 13.1. The third-order valence-electron chi connectivity index (χ3n) is 5.30. The van der Waals surface area contributed by atoms with Crippen LogP contribution in [-0.2, 0) is 26.1 Å². The molecule has 1 aliphatic rings. The average Bonchev–Trinajstić information content (AvgIpc) is 3.34. The van der Waals surface area contributed by atoms with Gasteiger partial charge in [-0.3, -0.25) is 4.79 Å². The van der Waals surface area contributed by atoms with Gasteiger partial charge in [0, 0.05) is 36.1 Å². The fourth-order valence-corrected chi connectivity index (χ4v) is 3.98. The van der Waals surface area contributed by atoms with Gasteiger partial charge in [0.05, 0.1) is 19.2 Å². The van der Waals surface area contributed by atoms with Crippen LogP contribution in [0.15, 0.2) is 18.2 Å². The van der Waals surface area contributed by atoms with Gasteiger partial charge in [0.2, 0.25) is 0 Å². The Kier molecular flexibility index (Phi) is 4.59. The van der Waals surface area contributed by atoms with Gasteiger partial charge in [-0.15, -0.1) is 10.2 Å². The summed E-state index contributed by atoms with van der Waals surface area (Å²) in [6.07, 6.45) is 3.06.